The van der Waals surface area contributed by atoms with E-state index in [0.717, 1.165) is 11.1 Å². The molecule has 0 saturated heterocycles. The predicted octanol–water partition coefficient (Wildman–Crippen LogP) is 3.97. The molecule has 0 spiro atoms. The lowest BCUT2D eigenvalue weighted by molar-refractivity contribution is 0.0509. The van der Waals surface area contributed by atoms with Crippen molar-refractivity contribution >= 4 is 11.6 Å². The van der Waals surface area contributed by atoms with Gasteiger partial charge in [-0.05, 0) is 48.7 Å². The summed E-state index contributed by atoms with van der Waals surface area (Å²) in [6.07, 6.45) is 0.414. The SMILES string of the molecule is COCOc1ccc(Cc2c(C)cc(OCC#N)c(F)c2C)nc1Cl. The third-order valence-electron chi connectivity index (χ3n) is 3.68. The summed E-state index contributed by atoms with van der Waals surface area (Å²) in [5, 5.41) is 8.79. The van der Waals surface area contributed by atoms with Gasteiger partial charge in [0, 0.05) is 19.2 Å². The fourth-order valence-electron chi connectivity index (χ4n) is 2.42. The van der Waals surface area contributed by atoms with Crippen molar-refractivity contribution in [3.05, 3.63) is 51.6 Å². The average molecular weight is 365 g/mol. The Labute approximate surface area is 150 Å². The summed E-state index contributed by atoms with van der Waals surface area (Å²) in [6.45, 7) is 3.41. The third-order valence-corrected chi connectivity index (χ3v) is 3.95. The Morgan fingerprint density at radius 3 is 2.64 bits per heavy atom. The second-order valence-electron chi connectivity index (χ2n) is 5.38. The molecule has 5 nitrogen and oxygen atoms in total. The van der Waals surface area contributed by atoms with E-state index in [-0.39, 0.29) is 24.3 Å². The molecule has 7 heteroatoms. The molecule has 0 bridgehead atoms. The minimum Gasteiger partial charge on any atom is -0.476 e. The van der Waals surface area contributed by atoms with Crippen LogP contribution in [0.2, 0.25) is 5.15 Å². The number of aromatic nitrogens is 1. The van der Waals surface area contributed by atoms with E-state index in [2.05, 4.69) is 4.98 Å². The lowest BCUT2D eigenvalue weighted by Crippen LogP contribution is -2.05. The number of methoxy groups -OCH3 is 1. The van der Waals surface area contributed by atoms with Gasteiger partial charge in [0.25, 0.3) is 0 Å². The molecule has 25 heavy (non-hydrogen) atoms. The molecule has 0 unspecified atom stereocenters. The molecule has 0 aliphatic carbocycles. The maximum Gasteiger partial charge on any atom is 0.188 e. The topological polar surface area (TPSA) is 64.4 Å². The van der Waals surface area contributed by atoms with Crippen LogP contribution in [0.4, 0.5) is 4.39 Å². The molecule has 0 N–H and O–H groups in total. The smallest absolute Gasteiger partial charge is 0.188 e. The van der Waals surface area contributed by atoms with Crippen molar-refractivity contribution in [3.8, 4) is 17.6 Å². The van der Waals surface area contributed by atoms with Crippen LogP contribution < -0.4 is 9.47 Å². The molecule has 0 saturated carbocycles. The Balaban J connectivity index is 2.27. The van der Waals surface area contributed by atoms with Gasteiger partial charge in [-0.3, -0.25) is 0 Å². The third kappa shape index (κ3) is 4.59. The summed E-state index contributed by atoms with van der Waals surface area (Å²) >= 11 is 6.11. The number of rotatable bonds is 7. The van der Waals surface area contributed by atoms with Crippen LogP contribution in [0.15, 0.2) is 18.2 Å². The van der Waals surface area contributed by atoms with Crippen LogP contribution in [0.25, 0.3) is 0 Å². The highest BCUT2D eigenvalue weighted by atomic mass is 35.5. The Bertz CT molecular complexity index is 806. The molecule has 0 aliphatic rings. The summed E-state index contributed by atoms with van der Waals surface area (Å²) in [4.78, 5) is 4.29. The number of ether oxygens (including phenoxy) is 3. The Kier molecular flexibility index (Phi) is 6.57. The molecule has 0 amide bonds. The van der Waals surface area contributed by atoms with Gasteiger partial charge < -0.3 is 14.2 Å². The van der Waals surface area contributed by atoms with Gasteiger partial charge in [0.2, 0.25) is 0 Å². The van der Waals surface area contributed by atoms with Crippen LogP contribution >= 0.6 is 11.6 Å². The molecule has 0 aliphatic heterocycles. The minimum atomic E-state index is -0.470. The van der Waals surface area contributed by atoms with Gasteiger partial charge in [-0.1, -0.05) is 11.6 Å². The number of hydrogen-bond donors (Lipinski definition) is 0. The largest absolute Gasteiger partial charge is 0.476 e. The van der Waals surface area contributed by atoms with E-state index in [1.54, 1.807) is 25.1 Å². The highest BCUT2D eigenvalue weighted by Gasteiger charge is 2.16. The molecule has 132 valence electrons. The Hall–Kier alpha value is -2.36. The van der Waals surface area contributed by atoms with Gasteiger partial charge in [-0.15, -0.1) is 0 Å². The fraction of sp³-hybridized carbons (Fsp3) is 0.333. The Morgan fingerprint density at radius 2 is 2.00 bits per heavy atom. The summed E-state index contributed by atoms with van der Waals surface area (Å²) in [5.74, 6) is 0.0312. The second-order valence-corrected chi connectivity index (χ2v) is 5.73. The lowest BCUT2D eigenvalue weighted by Gasteiger charge is -2.14. The zero-order valence-electron chi connectivity index (χ0n) is 14.2. The Morgan fingerprint density at radius 1 is 1.24 bits per heavy atom. The molecule has 2 aromatic rings. The van der Waals surface area contributed by atoms with E-state index < -0.39 is 5.82 Å². The van der Waals surface area contributed by atoms with Crippen molar-refractivity contribution in [3.63, 3.8) is 0 Å². The first-order chi connectivity index (χ1) is 12.0. The molecule has 1 aromatic heterocycles. The van der Waals surface area contributed by atoms with Gasteiger partial charge >= 0.3 is 0 Å². The van der Waals surface area contributed by atoms with Crippen LogP contribution in [0.5, 0.6) is 11.5 Å². The molecule has 0 fully saturated rings. The van der Waals surface area contributed by atoms with E-state index in [1.807, 2.05) is 13.0 Å². The summed E-state index contributed by atoms with van der Waals surface area (Å²) < 4.78 is 29.7. The average Bonchev–Trinajstić information content (AvgIpc) is 2.60. The first-order valence-corrected chi connectivity index (χ1v) is 7.91. The normalized spacial score (nSPS) is 10.4. The predicted molar refractivity (Wildman–Crippen MR) is 91.5 cm³/mol. The fourth-order valence-corrected chi connectivity index (χ4v) is 2.64. The first kappa shape index (κ1) is 19.0. The van der Waals surface area contributed by atoms with Crippen LogP contribution in [-0.4, -0.2) is 25.5 Å². The van der Waals surface area contributed by atoms with Crippen LogP contribution in [0.1, 0.15) is 22.4 Å². The van der Waals surface area contributed by atoms with Crippen molar-refractivity contribution in [2.24, 2.45) is 0 Å². The van der Waals surface area contributed by atoms with Crippen LogP contribution in [-0.2, 0) is 11.2 Å². The number of aryl methyl sites for hydroxylation is 1. The van der Waals surface area contributed by atoms with E-state index in [9.17, 15) is 4.39 Å². The number of benzene rings is 1. The van der Waals surface area contributed by atoms with Gasteiger partial charge in [0.15, 0.2) is 35.9 Å². The minimum absolute atomic E-state index is 0.0777. The van der Waals surface area contributed by atoms with Crippen molar-refractivity contribution in [2.75, 3.05) is 20.5 Å². The molecule has 0 radical (unpaired) electrons. The van der Waals surface area contributed by atoms with E-state index in [1.165, 1.54) is 7.11 Å². The molecular weight excluding hydrogens is 347 g/mol. The molecule has 2 rings (SSSR count). The molecule has 1 aromatic carbocycles. The van der Waals surface area contributed by atoms with Crippen molar-refractivity contribution in [2.45, 2.75) is 20.3 Å². The molecular formula is C18H18ClFN2O3. The number of nitriles is 1. The number of hydrogen-bond acceptors (Lipinski definition) is 5. The van der Waals surface area contributed by atoms with E-state index >= 15 is 0 Å². The van der Waals surface area contributed by atoms with Crippen molar-refractivity contribution in [1.29, 1.82) is 5.26 Å². The summed E-state index contributed by atoms with van der Waals surface area (Å²) in [5.41, 5.74) is 2.80. The van der Waals surface area contributed by atoms with E-state index in [4.69, 9.17) is 31.1 Å². The van der Waals surface area contributed by atoms with Gasteiger partial charge in [-0.25, -0.2) is 9.37 Å². The molecule has 1 heterocycles. The van der Waals surface area contributed by atoms with Crippen LogP contribution in [0, 0.1) is 31.0 Å². The maximum atomic E-state index is 14.4. The van der Waals surface area contributed by atoms with Crippen molar-refractivity contribution < 1.29 is 18.6 Å². The zero-order valence-corrected chi connectivity index (χ0v) is 15.0. The maximum absolute atomic E-state index is 14.4. The van der Waals surface area contributed by atoms with Gasteiger partial charge in [0.1, 0.15) is 6.07 Å². The number of halogens is 2. The number of nitrogens with zero attached hydrogens (tertiary/aromatic N) is 2. The highest BCUT2D eigenvalue weighted by molar-refractivity contribution is 6.30. The van der Waals surface area contributed by atoms with Crippen molar-refractivity contribution in [1.82, 2.24) is 4.98 Å². The standard InChI is InChI=1S/C18H18ClFN2O3/c1-11-8-16(24-7-6-21)17(20)12(2)14(11)9-13-4-5-15(18(19)22-13)25-10-23-3/h4-5,8H,7,9-10H2,1-3H3. The summed E-state index contributed by atoms with van der Waals surface area (Å²) in [6, 6.07) is 6.89. The quantitative estimate of drug-likeness (QED) is 0.549. The van der Waals surface area contributed by atoms with Gasteiger partial charge in [-0.2, -0.15) is 5.26 Å². The lowest BCUT2D eigenvalue weighted by atomic mass is 9.97. The van der Waals surface area contributed by atoms with Gasteiger partial charge in [0.05, 0.1) is 0 Å². The number of pyridine rings is 1. The van der Waals surface area contributed by atoms with E-state index in [0.29, 0.717) is 23.4 Å². The summed E-state index contributed by atoms with van der Waals surface area (Å²) in [7, 11) is 1.51. The highest BCUT2D eigenvalue weighted by Crippen LogP contribution is 2.29. The zero-order chi connectivity index (χ0) is 18.4. The molecule has 0 atom stereocenters. The van der Waals surface area contributed by atoms with Crippen LogP contribution in [0.3, 0.4) is 0 Å². The first-order valence-electron chi connectivity index (χ1n) is 7.53. The second kappa shape index (κ2) is 8.65. The monoisotopic (exact) mass is 364 g/mol.